The van der Waals surface area contributed by atoms with Gasteiger partial charge < -0.3 is 5.11 Å². The third-order valence-electron chi connectivity index (χ3n) is 4.07. The van der Waals surface area contributed by atoms with Gasteiger partial charge in [0.05, 0.1) is 4.90 Å². The smallest absolute Gasteiger partial charge is 0.325 e. The van der Waals surface area contributed by atoms with E-state index in [0.29, 0.717) is 5.56 Å². The molecule has 1 aliphatic rings. The average molecular weight is 296 g/mol. The number of aryl methyl sites for hydroxylation is 2. The maximum atomic E-state index is 12.9. The highest BCUT2D eigenvalue weighted by Crippen LogP contribution is 2.54. The molecule has 0 bridgehead atoms. The molecule has 1 N–H and O–H groups in total. The van der Waals surface area contributed by atoms with E-state index in [1.807, 2.05) is 19.9 Å². The molecule has 1 fully saturated rings. The molecule has 2 rings (SSSR count). The lowest BCUT2D eigenvalue weighted by atomic mass is 9.64. The number of sulfone groups is 1. The standard InChI is InChI=1S/C15H20O4S/c1-10-5-6-11(2)12(7-10)20(18,19)15(13(16)17)8-14(3,4)9-15/h5-7H,8-9H2,1-4H3,(H,16,17). The Kier molecular flexibility index (Phi) is 3.25. The van der Waals surface area contributed by atoms with E-state index in [1.54, 1.807) is 26.0 Å². The maximum Gasteiger partial charge on any atom is 0.325 e. The Morgan fingerprint density at radius 2 is 1.75 bits per heavy atom. The molecule has 20 heavy (non-hydrogen) atoms. The van der Waals surface area contributed by atoms with Crippen LogP contribution in [-0.4, -0.2) is 24.2 Å². The third kappa shape index (κ3) is 2.04. The minimum Gasteiger partial charge on any atom is -0.480 e. The Labute approximate surface area is 119 Å². The number of carboxylic acids is 1. The lowest BCUT2D eigenvalue weighted by Crippen LogP contribution is -2.59. The molecular formula is C15H20O4S. The minimum atomic E-state index is -3.89. The zero-order valence-corrected chi connectivity index (χ0v) is 13.0. The molecule has 0 amide bonds. The van der Waals surface area contributed by atoms with Crippen molar-refractivity contribution in [3.8, 4) is 0 Å². The summed E-state index contributed by atoms with van der Waals surface area (Å²) in [7, 11) is -3.89. The average Bonchev–Trinajstić information content (AvgIpc) is 2.28. The summed E-state index contributed by atoms with van der Waals surface area (Å²) in [5, 5.41) is 9.49. The zero-order chi connectivity index (χ0) is 15.3. The lowest BCUT2D eigenvalue weighted by Gasteiger charge is -2.49. The van der Waals surface area contributed by atoms with Crippen molar-refractivity contribution in [3.63, 3.8) is 0 Å². The first-order valence-corrected chi connectivity index (χ1v) is 8.05. The molecule has 110 valence electrons. The summed E-state index contributed by atoms with van der Waals surface area (Å²) in [6, 6.07) is 5.12. The fourth-order valence-electron chi connectivity index (χ4n) is 3.16. The Balaban J connectivity index is 2.60. The molecule has 0 saturated heterocycles. The molecule has 0 aliphatic heterocycles. The van der Waals surface area contributed by atoms with Crippen LogP contribution in [0.1, 0.15) is 37.8 Å². The van der Waals surface area contributed by atoms with Crippen LogP contribution in [0.5, 0.6) is 0 Å². The summed E-state index contributed by atoms with van der Waals surface area (Å²) in [4.78, 5) is 11.8. The van der Waals surface area contributed by atoms with E-state index < -0.39 is 20.6 Å². The minimum absolute atomic E-state index is 0.149. The van der Waals surface area contributed by atoms with Gasteiger partial charge >= 0.3 is 5.97 Å². The van der Waals surface area contributed by atoms with Crippen molar-refractivity contribution in [2.45, 2.75) is 50.2 Å². The van der Waals surface area contributed by atoms with Gasteiger partial charge in [-0.1, -0.05) is 26.0 Å². The van der Waals surface area contributed by atoms with Crippen LogP contribution in [-0.2, 0) is 14.6 Å². The summed E-state index contributed by atoms with van der Waals surface area (Å²) in [6.07, 6.45) is 0.316. The van der Waals surface area contributed by atoms with E-state index in [-0.39, 0.29) is 23.2 Å². The highest BCUT2D eigenvalue weighted by Gasteiger charge is 2.63. The molecule has 1 aromatic carbocycles. The van der Waals surface area contributed by atoms with Crippen molar-refractivity contribution < 1.29 is 18.3 Å². The van der Waals surface area contributed by atoms with Crippen LogP contribution in [0.2, 0.25) is 0 Å². The molecule has 0 atom stereocenters. The fraction of sp³-hybridized carbons (Fsp3) is 0.533. The summed E-state index contributed by atoms with van der Waals surface area (Å²) in [6.45, 7) is 7.29. The molecule has 4 nitrogen and oxygen atoms in total. The number of carbonyl (C=O) groups is 1. The highest BCUT2D eigenvalue weighted by atomic mass is 32.2. The van der Waals surface area contributed by atoms with Gasteiger partial charge in [0.2, 0.25) is 0 Å². The van der Waals surface area contributed by atoms with E-state index in [2.05, 4.69) is 0 Å². The topological polar surface area (TPSA) is 71.4 Å². The Hall–Kier alpha value is -1.36. The molecule has 1 saturated carbocycles. The van der Waals surface area contributed by atoms with Gasteiger partial charge in [0.25, 0.3) is 0 Å². The summed E-state index contributed by atoms with van der Waals surface area (Å²) >= 11 is 0. The van der Waals surface area contributed by atoms with Crippen molar-refractivity contribution in [2.75, 3.05) is 0 Å². The quantitative estimate of drug-likeness (QED) is 0.931. The van der Waals surface area contributed by atoms with Gasteiger partial charge in [-0.3, -0.25) is 4.79 Å². The van der Waals surface area contributed by atoms with Gasteiger partial charge in [0, 0.05) is 0 Å². The number of carboxylic acid groups (broad SMARTS) is 1. The van der Waals surface area contributed by atoms with Crippen molar-refractivity contribution in [1.82, 2.24) is 0 Å². The highest BCUT2D eigenvalue weighted by molar-refractivity contribution is 7.93. The van der Waals surface area contributed by atoms with Crippen molar-refractivity contribution in [1.29, 1.82) is 0 Å². The molecule has 1 aliphatic carbocycles. The van der Waals surface area contributed by atoms with Crippen LogP contribution >= 0.6 is 0 Å². The van der Waals surface area contributed by atoms with Crippen molar-refractivity contribution in [2.24, 2.45) is 5.41 Å². The molecular weight excluding hydrogens is 276 g/mol. The SMILES string of the molecule is Cc1ccc(C)c(S(=O)(=O)C2(C(=O)O)CC(C)(C)C2)c1. The zero-order valence-electron chi connectivity index (χ0n) is 12.2. The Morgan fingerprint density at radius 3 is 2.20 bits per heavy atom. The third-order valence-corrected chi connectivity index (χ3v) is 6.58. The first kappa shape index (κ1) is 15.0. The molecule has 0 radical (unpaired) electrons. The number of benzene rings is 1. The van der Waals surface area contributed by atoms with Gasteiger partial charge in [-0.2, -0.15) is 0 Å². The molecule has 0 spiro atoms. The van der Waals surface area contributed by atoms with E-state index >= 15 is 0 Å². The molecule has 0 heterocycles. The number of rotatable bonds is 3. The fourth-order valence-corrected chi connectivity index (χ4v) is 5.80. The largest absolute Gasteiger partial charge is 0.480 e. The van der Waals surface area contributed by atoms with Gasteiger partial charge in [-0.15, -0.1) is 0 Å². The van der Waals surface area contributed by atoms with Crippen LogP contribution in [0.4, 0.5) is 0 Å². The van der Waals surface area contributed by atoms with Crippen LogP contribution in [0.3, 0.4) is 0 Å². The Bertz CT molecular complexity index is 663. The van der Waals surface area contributed by atoms with E-state index in [1.165, 1.54) is 0 Å². The Morgan fingerprint density at radius 1 is 1.20 bits per heavy atom. The van der Waals surface area contributed by atoms with Gasteiger partial charge in [0.1, 0.15) is 0 Å². The van der Waals surface area contributed by atoms with E-state index in [9.17, 15) is 18.3 Å². The van der Waals surface area contributed by atoms with Gasteiger partial charge in [-0.05, 0) is 49.3 Å². The molecule has 1 aromatic rings. The van der Waals surface area contributed by atoms with Crippen LogP contribution in [0, 0.1) is 19.3 Å². The second-order valence-electron chi connectivity index (χ2n) is 6.59. The number of hydrogen-bond donors (Lipinski definition) is 1. The maximum absolute atomic E-state index is 12.9. The van der Waals surface area contributed by atoms with Gasteiger partial charge in [-0.25, -0.2) is 8.42 Å². The first-order valence-electron chi connectivity index (χ1n) is 6.57. The number of aliphatic carboxylic acids is 1. The lowest BCUT2D eigenvalue weighted by molar-refractivity contribution is -0.146. The van der Waals surface area contributed by atoms with Crippen molar-refractivity contribution >= 4 is 15.8 Å². The number of hydrogen-bond acceptors (Lipinski definition) is 3. The van der Waals surface area contributed by atoms with Crippen molar-refractivity contribution in [3.05, 3.63) is 29.3 Å². The summed E-state index contributed by atoms with van der Waals surface area (Å²) in [5.41, 5.74) is 1.16. The molecule has 0 aromatic heterocycles. The monoisotopic (exact) mass is 296 g/mol. The second-order valence-corrected chi connectivity index (χ2v) is 8.82. The molecule has 0 unspecified atom stereocenters. The predicted molar refractivity (Wildman–Crippen MR) is 76.5 cm³/mol. The van der Waals surface area contributed by atoms with E-state index in [0.717, 1.165) is 5.56 Å². The summed E-state index contributed by atoms with van der Waals surface area (Å²) in [5.74, 6) is -1.24. The van der Waals surface area contributed by atoms with Crippen LogP contribution in [0.25, 0.3) is 0 Å². The predicted octanol–water partition coefficient (Wildman–Crippen LogP) is 2.72. The van der Waals surface area contributed by atoms with E-state index in [4.69, 9.17) is 0 Å². The van der Waals surface area contributed by atoms with Crippen LogP contribution < -0.4 is 0 Å². The normalized spacial score (nSPS) is 20.2. The van der Waals surface area contributed by atoms with Gasteiger partial charge in [0.15, 0.2) is 14.6 Å². The summed E-state index contributed by atoms with van der Waals surface area (Å²) < 4.78 is 24.0. The first-order chi connectivity index (χ1) is 9.02. The second kappa shape index (κ2) is 4.32. The molecule has 5 heteroatoms. The van der Waals surface area contributed by atoms with Crippen LogP contribution in [0.15, 0.2) is 23.1 Å².